The average molecular weight is 353 g/mol. The monoisotopic (exact) mass is 353 g/mol. The molecule has 0 spiro atoms. The van der Waals surface area contributed by atoms with Gasteiger partial charge < -0.3 is 16.0 Å². The standard InChI is InChI=1S/C15H19N3O5S/c1-10(19)11-3-2-4-12(7-11)17-14(20)8-16-15(21)18-13-5-6-24(22,23)9-13/h2-4,7,13H,5-6,8-9H2,1H3,(H,17,20)(H2,16,18,21). The Morgan fingerprint density at radius 1 is 1.25 bits per heavy atom. The van der Waals surface area contributed by atoms with Crippen molar-refractivity contribution >= 4 is 33.2 Å². The van der Waals surface area contributed by atoms with Crippen LogP contribution in [0.3, 0.4) is 0 Å². The van der Waals surface area contributed by atoms with Gasteiger partial charge in [0.2, 0.25) is 5.91 Å². The Morgan fingerprint density at radius 3 is 2.62 bits per heavy atom. The molecule has 2 rings (SSSR count). The highest BCUT2D eigenvalue weighted by Gasteiger charge is 2.28. The van der Waals surface area contributed by atoms with Crippen LogP contribution in [0.5, 0.6) is 0 Å². The smallest absolute Gasteiger partial charge is 0.315 e. The predicted octanol–water partition coefficient (Wildman–Crippen LogP) is 0.314. The van der Waals surface area contributed by atoms with Gasteiger partial charge in [0, 0.05) is 17.3 Å². The Hall–Kier alpha value is -2.42. The number of urea groups is 1. The van der Waals surface area contributed by atoms with Gasteiger partial charge in [0.25, 0.3) is 0 Å². The van der Waals surface area contributed by atoms with Gasteiger partial charge in [-0.1, -0.05) is 12.1 Å². The molecule has 1 fully saturated rings. The number of benzene rings is 1. The van der Waals surface area contributed by atoms with Gasteiger partial charge in [-0.05, 0) is 25.5 Å². The molecule has 3 N–H and O–H groups in total. The van der Waals surface area contributed by atoms with E-state index in [0.29, 0.717) is 17.7 Å². The van der Waals surface area contributed by atoms with Gasteiger partial charge in [0.15, 0.2) is 15.6 Å². The maximum Gasteiger partial charge on any atom is 0.315 e. The quantitative estimate of drug-likeness (QED) is 0.658. The first-order chi connectivity index (χ1) is 11.2. The molecule has 1 aliphatic rings. The lowest BCUT2D eigenvalue weighted by atomic mass is 10.1. The maximum absolute atomic E-state index is 11.8. The SMILES string of the molecule is CC(=O)c1cccc(NC(=O)CNC(=O)NC2CCS(=O)(=O)C2)c1. The third kappa shape index (κ3) is 5.34. The molecule has 0 radical (unpaired) electrons. The summed E-state index contributed by atoms with van der Waals surface area (Å²) in [4.78, 5) is 34.8. The summed E-state index contributed by atoms with van der Waals surface area (Å²) in [5, 5.41) is 7.46. The second-order valence-electron chi connectivity index (χ2n) is 5.61. The van der Waals surface area contributed by atoms with Crippen molar-refractivity contribution in [2.24, 2.45) is 0 Å². The minimum absolute atomic E-state index is 0.0604. The summed E-state index contributed by atoms with van der Waals surface area (Å²) in [6, 6.07) is 5.44. The number of ketones is 1. The lowest BCUT2D eigenvalue weighted by Gasteiger charge is -2.12. The van der Waals surface area contributed by atoms with E-state index in [2.05, 4.69) is 16.0 Å². The van der Waals surface area contributed by atoms with E-state index in [0.717, 1.165) is 0 Å². The van der Waals surface area contributed by atoms with E-state index in [1.807, 2.05) is 0 Å². The van der Waals surface area contributed by atoms with Crippen LogP contribution in [0.4, 0.5) is 10.5 Å². The number of carbonyl (C=O) groups excluding carboxylic acids is 3. The number of anilines is 1. The third-order valence-corrected chi connectivity index (χ3v) is 5.30. The van der Waals surface area contributed by atoms with Crippen LogP contribution < -0.4 is 16.0 Å². The zero-order chi connectivity index (χ0) is 17.7. The van der Waals surface area contributed by atoms with Crippen LogP contribution in [-0.2, 0) is 14.6 Å². The normalized spacial score (nSPS) is 18.6. The van der Waals surface area contributed by atoms with Crippen molar-refractivity contribution in [3.8, 4) is 0 Å². The van der Waals surface area contributed by atoms with Crippen LogP contribution in [0.1, 0.15) is 23.7 Å². The molecule has 3 amide bonds. The van der Waals surface area contributed by atoms with Gasteiger partial charge in [0.1, 0.15) is 0 Å². The molecule has 1 aromatic carbocycles. The van der Waals surface area contributed by atoms with Crippen LogP contribution in [-0.4, -0.2) is 50.2 Å². The minimum Gasteiger partial charge on any atom is -0.334 e. The molecule has 1 atom stereocenters. The molecule has 0 aromatic heterocycles. The molecular weight excluding hydrogens is 334 g/mol. The lowest BCUT2D eigenvalue weighted by Crippen LogP contribution is -2.45. The Bertz CT molecular complexity index is 760. The van der Waals surface area contributed by atoms with E-state index >= 15 is 0 Å². The number of carbonyl (C=O) groups is 3. The highest BCUT2D eigenvalue weighted by Crippen LogP contribution is 2.11. The topological polar surface area (TPSA) is 121 Å². The summed E-state index contributed by atoms with van der Waals surface area (Å²) >= 11 is 0. The van der Waals surface area contributed by atoms with Crippen molar-refractivity contribution < 1.29 is 22.8 Å². The summed E-state index contributed by atoms with van der Waals surface area (Å²) in [6.45, 7) is 1.16. The Kier molecular flexibility index (Phi) is 5.55. The lowest BCUT2D eigenvalue weighted by molar-refractivity contribution is -0.115. The first-order valence-corrected chi connectivity index (χ1v) is 9.23. The summed E-state index contributed by atoms with van der Waals surface area (Å²) < 4.78 is 22.6. The highest BCUT2D eigenvalue weighted by molar-refractivity contribution is 7.91. The van der Waals surface area contributed by atoms with Crippen LogP contribution >= 0.6 is 0 Å². The number of amides is 3. The molecule has 9 heteroatoms. The average Bonchev–Trinajstić information content (AvgIpc) is 2.84. The largest absolute Gasteiger partial charge is 0.334 e. The fraction of sp³-hybridized carbons (Fsp3) is 0.400. The summed E-state index contributed by atoms with van der Waals surface area (Å²) in [5.41, 5.74) is 0.928. The number of sulfone groups is 1. The summed E-state index contributed by atoms with van der Waals surface area (Å²) in [5.74, 6) is -0.588. The van der Waals surface area contributed by atoms with Gasteiger partial charge in [-0.15, -0.1) is 0 Å². The molecule has 24 heavy (non-hydrogen) atoms. The van der Waals surface area contributed by atoms with Crippen molar-refractivity contribution in [1.82, 2.24) is 10.6 Å². The van der Waals surface area contributed by atoms with Crippen LogP contribution in [0, 0.1) is 0 Å². The molecule has 1 aliphatic heterocycles. The Balaban J connectivity index is 1.78. The van der Waals surface area contributed by atoms with Crippen molar-refractivity contribution in [1.29, 1.82) is 0 Å². The van der Waals surface area contributed by atoms with Crippen molar-refractivity contribution in [3.05, 3.63) is 29.8 Å². The Labute approximate surface area is 139 Å². The molecule has 0 aliphatic carbocycles. The van der Waals surface area contributed by atoms with Crippen LogP contribution in [0.15, 0.2) is 24.3 Å². The molecule has 1 aromatic rings. The van der Waals surface area contributed by atoms with Gasteiger partial charge >= 0.3 is 6.03 Å². The maximum atomic E-state index is 11.8. The second-order valence-corrected chi connectivity index (χ2v) is 7.84. The summed E-state index contributed by atoms with van der Waals surface area (Å²) in [6.07, 6.45) is 0.375. The zero-order valence-corrected chi connectivity index (χ0v) is 14.0. The number of rotatable bonds is 5. The van der Waals surface area contributed by atoms with Gasteiger partial charge in [-0.3, -0.25) is 9.59 Å². The van der Waals surface area contributed by atoms with Crippen molar-refractivity contribution in [3.63, 3.8) is 0 Å². The van der Waals surface area contributed by atoms with Crippen molar-refractivity contribution in [2.75, 3.05) is 23.4 Å². The molecule has 1 unspecified atom stereocenters. The van der Waals surface area contributed by atoms with Gasteiger partial charge in [-0.2, -0.15) is 0 Å². The van der Waals surface area contributed by atoms with E-state index in [9.17, 15) is 22.8 Å². The van der Waals surface area contributed by atoms with Gasteiger partial charge in [0.05, 0.1) is 18.1 Å². The first-order valence-electron chi connectivity index (χ1n) is 7.41. The van der Waals surface area contributed by atoms with Gasteiger partial charge in [-0.25, -0.2) is 13.2 Å². The molecule has 0 bridgehead atoms. The minimum atomic E-state index is -3.07. The van der Waals surface area contributed by atoms with E-state index < -0.39 is 27.8 Å². The van der Waals surface area contributed by atoms with E-state index in [4.69, 9.17) is 0 Å². The van der Waals surface area contributed by atoms with E-state index in [-0.39, 0.29) is 23.8 Å². The fourth-order valence-electron chi connectivity index (χ4n) is 2.33. The zero-order valence-electron chi connectivity index (χ0n) is 13.2. The molecule has 1 heterocycles. The van der Waals surface area contributed by atoms with Crippen molar-refractivity contribution in [2.45, 2.75) is 19.4 Å². The molecule has 1 saturated heterocycles. The number of nitrogens with one attached hydrogen (secondary N) is 3. The first kappa shape index (κ1) is 17.9. The highest BCUT2D eigenvalue weighted by atomic mass is 32.2. The molecular formula is C15H19N3O5S. The Morgan fingerprint density at radius 2 is 2.00 bits per heavy atom. The second kappa shape index (κ2) is 7.43. The van der Waals surface area contributed by atoms with E-state index in [1.165, 1.54) is 6.92 Å². The molecule has 0 saturated carbocycles. The van der Waals surface area contributed by atoms with Crippen LogP contribution in [0.2, 0.25) is 0 Å². The number of hydrogen-bond acceptors (Lipinski definition) is 5. The summed E-state index contributed by atoms with van der Waals surface area (Å²) in [7, 11) is -3.07. The van der Waals surface area contributed by atoms with E-state index in [1.54, 1.807) is 24.3 Å². The van der Waals surface area contributed by atoms with Crippen LogP contribution in [0.25, 0.3) is 0 Å². The predicted molar refractivity (Wildman–Crippen MR) is 88.7 cm³/mol. The molecule has 130 valence electrons. The number of hydrogen-bond donors (Lipinski definition) is 3. The fourth-order valence-corrected chi connectivity index (χ4v) is 4.00. The number of Topliss-reactive ketones (excluding diaryl/α,β-unsaturated/α-hetero) is 1. The third-order valence-electron chi connectivity index (χ3n) is 3.53. The molecule has 8 nitrogen and oxygen atoms in total.